The fourth-order valence-electron chi connectivity index (χ4n) is 25.4. The Morgan fingerprint density at radius 1 is 0.416 bits per heavy atom. The van der Waals surface area contributed by atoms with Gasteiger partial charge in [-0.3, -0.25) is 4.79 Å². The van der Waals surface area contributed by atoms with Gasteiger partial charge in [-0.1, -0.05) is 84.4 Å². The molecule has 0 aromatic carbocycles. The summed E-state index contributed by atoms with van der Waals surface area (Å²) in [5.41, 5.74) is -7.98. The van der Waals surface area contributed by atoms with Gasteiger partial charge in [-0.25, -0.2) is 9.59 Å². The predicted molar refractivity (Wildman–Crippen MR) is 502 cm³/mol. The molecule has 149 heavy (non-hydrogen) atoms. The van der Waals surface area contributed by atoms with Crippen molar-refractivity contribution < 1.29 is 237 Å². The Labute approximate surface area is 862 Å². The number of aliphatic hydroxyl groups excluding tert-OH is 25. The van der Waals surface area contributed by atoms with Gasteiger partial charge < -0.3 is 222 Å². The normalized spacial score (nSPS) is 49.4. The first kappa shape index (κ1) is 120. The quantitative estimate of drug-likeness (QED) is 0.00939. The molecular weight excluding hydrogens is 1980 g/mol. The summed E-state index contributed by atoms with van der Waals surface area (Å²) in [5, 5.41) is 279. The van der Waals surface area contributed by atoms with Gasteiger partial charge in [-0.15, -0.1) is 13.2 Å². The minimum absolute atomic E-state index is 0.0127. The molecule has 13 fully saturated rings. The van der Waals surface area contributed by atoms with Crippen molar-refractivity contribution in [2.45, 2.75) is 462 Å². The molecule has 0 radical (unpaired) electrons. The van der Waals surface area contributed by atoms with Gasteiger partial charge in [0.05, 0.1) is 81.4 Å². The highest BCUT2D eigenvalue weighted by molar-refractivity contribution is 5.88. The van der Waals surface area contributed by atoms with Crippen LogP contribution in [0, 0.1) is 50.2 Å². The first-order valence-corrected chi connectivity index (χ1v) is 51.6. The Bertz CT molecular complexity index is 4610. The van der Waals surface area contributed by atoms with Crippen molar-refractivity contribution in [1.82, 2.24) is 0 Å². The number of rotatable bonds is 34. The Morgan fingerprint density at radius 2 is 0.852 bits per heavy atom. The molecule has 0 amide bonds. The third kappa shape index (κ3) is 23.2. The number of esters is 3. The molecular formula is C101H160O48. The predicted octanol–water partition coefficient (Wildman–Crippen LogP) is -5.54. The Kier molecular flexibility index (Phi) is 37.9. The van der Waals surface area contributed by atoms with Crippen molar-refractivity contribution in [3.63, 3.8) is 0 Å². The fraction of sp³-hybridized carbons (Fsp3) is 0.871. The van der Waals surface area contributed by atoms with Crippen LogP contribution >= 0.6 is 0 Å². The third-order valence-corrected chi connectivity index (χ3v) is 35.3. The lowest BCUT2D eigenvalue weighted by Gasteiger charge is -2.72. The first-order valence-electron chi connectivity index (χ1n) is 51.6. The largest absolute Gasteiger partial charge is 0.458 e. The number of fused-ring (bicyclic) bond motifs is 7. The molecule has 25 N–H and O–H groups in total. The Hall–Kier alpha value is -4.57. The first-order chi connectivity index (χ1) is 69.8. The minimum atomic E-state index is -2.28. The van der Waals surface area contributed by atoms with Gasteiger partial charge in [0.15, 0.2) is 62.5 Å². The maximum Gasteiger partial charge on any atom is 0.333 e. The fourth-order valence-corrected chi connectivity index (χ4v) is 25.4. The van der Waals surface area contributed by atoms with Crippen LogP contribution in [-0.4, -0.2) is 473 Å². The highest BCUT2D eigenvalue weighted by Gasteiger charge is 2.74. The topological polar surface area (TPSA) is 742 Å². The summed E-state index contributed by atoms with van der Waals surface area (Å²) >= 11 is 0. The summed E-state index contributed by atoms with van der Waals surface area (Å²) in [4.78, 5) is 45.6. The number of aliphatic hydroxyl groups is 25. The SMILES string of the molecule is C=CC(C)(CCC=C(C)C(=O)OC1C(C)OC(OC(C)(C=C)CCC=C(C)C(=O)OC2CC3(C(=O)OC4OC(CO)C(O)C(O)C4OC4OC(C)C(OC5OC(CO)C(O)C5O)C(OC5OC(CO)C(O)C(O)C5O)C4O)C(O)CC4(C)C(=CCC5C6(C)CCC(OC7OC(COC8OCC(O)C(O)C8OC8OCC(O)C(O)C8O)C(O)C(O)C7O)C(C)(C)C6CCC54C)C3CC2(C)C)C(O)C1O)OC1OC(C)C(O)C(O)C1O. The van der Waals surface area contributed by atoms with Gasteiger partial charge in [-0.05, 0) is 159 Å². The second kappa shape index (κ2) is 47.1. The Morgan fingerprint density at radius 3 is 1.43 bits per heavy atom. The van der Waals surface area contributed by atoms with E-state index in [9.17, 15) is 132 Å². The number of carbonyl (C=O) groups is 3. The van der Waals surface area contributed by atoms with Crippen molar-refractivity contribution in [2.24, 2.45) is 50.2 Å². The molecule has 9 saturated heterocycles. The monoisotopic (exact) mass is 2140 g/mol. The maximum atomic E-state index is 16.8. The van der Waals surface area contributed by atoms with Crippen LogP contribution in [0.5, 0.6) is 0 Å². The van der Waals surface area contributed by atoms with Gasteiger partial charge in [0.1, 0.15) is 182 Å². The second-order valence-electron chi connectivity index (χ2n) is 45.7. The van der Waals surface area contributed by atoms with Gasteiger partial charge in [0.2, 0.25) is 6.29 Å². The lowest BCUT2D eigenvalue weighted by Crippen LogP contribution is -2.70. The molecule has 0 bridgehead atoms. The number of allylic oxidation sites excluding steroid dienone is 4. The lowest BCUT2D eigenvalue weighted by molar-refractivity contribution is -0.390. The van der Waals surface area contributed by atoms with E-state index in [1.807, 2.05) is 27.7 Å². The number of carbonyl (C=O) groups excluding carboxylic acids is 3. The molecule has 0 aromatic heterocycles. The minimum Gasteiger partial charge on any atom is -0.458 e. The van der Waals surface area contributed by atoms with E-state index in [4.69, 9.17) is 94.7 Å². The second-order valence-corrected chi connectivity index (χ2v) is 45.7. The van der Waals surface area contributed by atoms with E-state index in [2.05, 4.69) is 40.0 Å². The van der Waals surface area contributed by atoms with E-state index in [0.29, 0.717) is 32.1 Å². The molecule has 54 unspecified atom stereocenters. The van der Waals surface area contributed by atoms with Crippen LogP contribution in [0.3, 0.4) is 0 Å². The maximum absolute atomic E-state index is 16.8. The van der Waals surface area contributed by atoms with E-state index in [1.165, 1.54) is 46.8 Å². The number of hydrogen-bond donors (Lipinski definition) is 25. The molecule has 48 heteroatoms. The van der Waals surface area contributed by atoms with Crippen molar-refractivity contribution >= 4 is 17.9 Å². The van der Waals surface area contributed by atoms with Crippen molar-refractivity contribution in [3.05, 3.63) is 60.3 Å². The van der Waals surface area contributed by atoms with Crippen LogP contribution in [-0.2, 0) is 109 Å². The lowest BCUT2D eigenvalue weighted by atomic mass is 9.33. The molecule has 48 nitrogen and oxygen atoms in total. The average Bonchev–Trinajstić information content (AvgIpc) is 1.01. The molecule has 0 spiro atoms. The zero-order chi connectivity index (χ0) is 110. The molecule has 9 aliphatic heterocycles. The summed E-state index contributed by atoms with van der Waals surface area (Å²) in [6.07, 6.45) is -66.0. The molecule has 9 heterocycles. The van der Waals surface area contributed by atoms with Gasteiger partial charge in [-0.2, -0.15) is 0 Å². The summed E-state index contributed by atoms with van der Waals surface area (Å²) in [6, 6.07) is 0. The highest BCUT2D eigenvalue weighted by atomic mass is 16.8. The smallest absolute Gasteiger partial charge is 0.333 e. The Balaban J connectivity index is 0.709. The highest BCUT2D eigenvalue weighted by Crippen LogP contribution is 2.77. The summed E-state index contributed by atoms with van der Waals surface area (Å²) in [5.74, 6) is -4.33. The molecule has 0 aromatic rings. The van der Waals surface area contributed by atoms with Crippen LogP contribution < -0.4 is 0 Å². The zero-order valence-electron chi connectivity index (χ0n) is 86.3. The van der Waals surface area contributed by atoms with E-state index in [1.54, 1.807) is 26.0 Å². The van der Waals surface area contributed by atoms with Crippen LogP contribution in [0.2, 0.25) is 0 Å². The molecule has 4 saturated carbocycles. The molecule has 14 aliphatic rings. The molecule has 14 rings (SSSR count). The van der Waals surface area contributed by atoms with E-state index >= 15 is 9.59 Å². The van der Waals surface area contributed by atoms with Gasteiger partial charge >= 0.3 is 17.9 Å². The summed E-state index contributed by atoms with van der Waals surface area (Å²) in [7, 11) is 0. The molecule has 54 atom stereocenters. The molecule has 5 aliphatic carbocycles. The average molecular weight is 2140 g/mol. The van der Waals surface area contributed by atoms with Crippen LogP contribution in [0.1, 0.15) is 174 Å². The van der Waals surface area contributed by atoms with Crippen LogP contribution in [0.4, 0.5) is 0 Å². The van der Waals surface area contributed by atoms with Crippen LogP contribution in [0.25, 0.3) is 0 Å². The van der Waals surface area contributed by atoms with Gasteiger partial charge in [0.25, 0.3) is 0 Å². The van der Waals surface area contributed by atoms with E-state index < -0.39 is 390 Å². The van der Waals surface area contributed by atoms with E-state index in [0.717, 1.165) is 5.57 Å². The van der Waals surface area contributed by atoms with Crippen LogP contribution in [0.15, 0.2) is 60.3 Å². The summed E-state index contributed by atoms with van der Waals surface area (Å²) < 4.78 is 122. The van der Waals surface area contributed by atoms with Crippen molar-refractivity contribution in [3.8, 4) is 0 Å². The van der Waals surface area contributed by atoms with Gasteiger partial charge in [0, 0.05) is 23.0 Å². The zero-order valence-corrected chi connectivity index (χ0v) is 86.3. The molecule has 852 valence electrons. The van der Waals surface area contributed by atoms with E-state index in [-0.39, 0.29) is 61.5 Å². The van der Waals surface area contributed by atoms with Crippen molar-refractivity contribution in [1.29, 1.82) is 0 Å². The third-order valence-electron chi connectivity index (χ3n) is 35.3. The number of hydrogen-bond acceptors (Lipinski definition) is 48. The van der Waals surface area contributed by atoms with Crippen molar-refractivity contribution in [2.75, 3.05) is 39.6 Å². The number of ether oxygens (including phenoxy) is 20. The standard InChI is InChI=1S/C101H160O48/c1-17-96(12,148-89-74(124)65(115)58(108)42(5)133-89)28-20-22-41(4)83(128)142-77-43(6)135-90(75(125)69(77)119)149-97(13,18-2)27-19-21-40(3)82(127)140-57-33-101(93(129)147-92-81(68(118)62(112)50(35-103)138-92)146-88-76(126)79(144-87-73(123)66(116)61(111)49(34-102)136-87)78(44(7)134-88)143-86-71(121)63(113)51(36-104)137-86)46(31-94(57,8)9)45-23-24-54-98(14)29-26-56(95(10,11)53(98)25-30-99(54,15)100(45,16)32-55(101)107)141-85-72(122)67(117)64(114)52(139-85)39-132-91-80(60(110)48(106)38-131-91)145-84-70(120)59(109)47(105)37-130-84/h17-18,21-23,42-44,46-81,84-92,102-126H,1-2,19-20,24-39H2,3-16H3. The summed E-state index contributed by atoms with van der Waals surface area (Å²) in [6.45, 7) is 28.3.